The van der Waals surface area contributed by atoms with Gasteiger partial charge in [-0.25, -0.2) is 0 Å². The van der Waals surface area contributed by atoms with E-state index in [-0.39, 0.29) is 0 Å². The van der Waals surface area contributed by atoms with Crippen LogP contribution in [0, 0.1) is 0 Å². The average Bonchev–Trinajstić information content (AvgIpc) is 1.61. The van der Waals surface area contributed by atoms with Gasteiger partial charge in [0, 0.05) is 0 Å². The summed E-state index contributed by atoms with van der Waals surface area (Å²) >= 11 is 6.37. The van der Waals surface area contributed by atoms with Gasteiger partial charge in [-0.2, -0.15) is 0 Å². The second-order valence-corrected chi connectivity index (χ2v) is 8.17. The maximum absolute atomic E-state index is 4.97. The zero-order valence-electron chi connectivity index (χ0n) is 3.60. The molecule has 0 amide bonds. The smallest absolute Gasteiger partial charge is 0.171 e. The van der Waals surface area contributed by atoms with Crippen LogP contribution in [0.1, 0.15) is 0 Å². The third-order valence-electron chi connectivity index (χ3n) is 0.290. The van der Waals surface area contributed by atoms with Crippen LogP contribution in [0.5, 0.6) is 0 Å². The lowest BCUT2D eigenvalue weighted by Crippen LogP contribution is -1.73. The summed E-state index contributed by atoms with van der Waals surface area (Å²) in [5.74, 6) is 0. The summed E-state index contributed by atoms with van der Waals surface area (Å²) in [6.07, 6.45) is 1.71. The van der Waals surface area contributed by atoms with Crippen LogP contribution in [0.25, 0.3) is 0 Å². The van der Waals surface area contributed by atoms with Crippen LogP contribution >= 0.6 is 36.5 Å². The zero-order valence-corrected chi connectivity index (χ0v) is 7.67. The molecule has 0 saturated carbocycles. The molecule has 0 aliphatic heterocycles. The van der Waals surface area contributed by atoms with Crippen molar-refractivity contribution in [2.75, 3.05) is 6.61 Å². The molecule has 0 rings (SSSR count). The van der Waals surface area contributed by atoms with Crippen LogP contribution < -0.4 is 0 Å². The van der Waals surface area contributed by atoms with E-state index >= 15 is 0 Å². The SMILES string of the molecule is C=CCOP(Br)Br. The predicted molar refractivity (Wildman–Crippen MR) is 40.9 cm³/mol. The van der Waals surface area contributed by atoms with Crippen molar-refractivity contribution in [2.24, 2.45) is 0 Å². The van der Waals surface area contributed by atoms with E-state index < -0.39 is 5.55 Å². The molecule has 0 aliphatic carbocycles. The topological polar surface area (TPSA) is 9.23 Å². The van der Waals surface area contributed by atoms with Crippen molar-refractivity contribution in [1.29, 1.82) is 0 Å². The van der Waals surface area contributed by atoms with Gasteiger partial charge in [-0.15, -0.1) is 6.58 Å². The minimum atomic E-state index is -0.553. The van der Waals surface area contributed by atoms with Gasteiger partial charge in [0.15, 0.2) is 5.55 Å². The Morgan fingerprint density at radius 1 is 1.71 bits per heavy atom. The second kappa shape index (κ2) is 5.23. The van der Waals surface area contributed by atoms with Crippen molar-refractivity contribution in [3.05, 3.63) is 12.7 Å². The first kappa shape index (κ1) is 8.09. The highest BCUT2D eigenvalue weighted by Crippen LogP contribution is 2.52. The van der Waals surface area contributed by atoms with Crippen LogP contribution in [0.15, 0.2) is 12.7 Å². The molecule has 0 heterocycles. The highest BCUT2D eigenvalue weighted by atomic mass is 79.9. The molecular weight excluding hydrogens is 243 g/mol. The van der Waals surface area contributed by atoms with E-state index in [2.05, 4.69) is 37.6 Å². The van der Waals surface area contributed by atoms with E-state index in [4.69, 9.17) is 4.52 Å². The van der Waals surface area contributed by atoms with Gasteiger partial charge in [0.1, 0.15) is 0 Å². The molecule has 0 aliphatic rings. The summed E-state index contributed by atoms with van der Waals surface area (Å²) in [6, 6.07) is 0. The standard InChI is InChI=1S/C3H5Br2OP/c1-2-3-6-7(4)5/h2H,1,3H2. The normalized spacial score (nSPS) is 9.57. The van der Waals surface area contributed by atoms with Gasteiger partial charge in [-0.1, -0.05) is 6.08 Å². The molecule has 0 unspecified atom stereocenters. The van der Waals surface area contributed by atoms with Crippen LogP contribution in [-0.4, -0.2) is 6.61 Å². The highest BCUT2D eigenvalue weighted by molar-refractivity contribution is 9.68. The lowest BCUT2D eigenvalue weighted by atomic mass is 10.7. The van der Waals surface area contributed by atoms with Crippen LogP contribution in [-0.2, 0) is 4.52 Å². The zero-order chi connectivity index (χ0) is 5.70. The molecule has 0 radical (unpaired) electrons. The molecule has 0 N–H and O–H groups in total. The van der Waals surface area contributed by atoms with E-state index in [0.717, 1.165) is 0 Å². The maximum atomic E-state index is 4.97. The summed E-state index contributed by atoms with van der Waals surface area (Å²) in [4.78, 5) is 0. The molecule has 0 saturated heterocycles. The Bertz CT molecular complexity index is 56.9. The molecule has 1 nitrogen and oxygen atoms in total. The molecular formula is C3H5Br2OP. The van der Waals surface area contributed by atoms with E-state index in [1.807, 2.05) is 0 Å². The predicted octanol–water partition coefficient (Wildman–Crippen LogP) is 3.21. The highest BCUT2D eigenvalue weighted by Gasteiger charge is 1.91. The lowest BCUT2D eigenvalue weighted by molar-refractivity contribution is 0.423. The molecule has 0 atom stereocenters. The fourth-order valence-electron chi connectivity index (χ4n) is 0.109. The second-order valence-electron chi connectivity index (χ2n) is 0.786. The van der Waals surface area contributed by atoms with Crippen molar-refractivity contribution in [3.8, 4) is 0 Å². The van der Waals surface area contributed by atoms with Gasteiger partial charge in [-0.05, 0) is 31.0 Å². The third kappa shape index (κ3) is 7.09. The Morgan fingerprint density at radius 3 is 2.43 bits per heavy atom. The first-order valence-corrected chi connectivity index (χ1v) is 6.92. The third-order valence-corrected chi connectivity index (χ3v) is 1.86. The molecule has 0 aromatic carbocycles. The molecule has 7 heavy (non-hydrogen) atoms. The Morgan fingerprint density at radius 2 is 2.29 bits per heavy atom. The number of hydrogen-bond acceptors (Lipinski definition) is 1. The Balaban J connectivity index is 2.81. The van der Waals surface area contributed by atoms with Gasteiger partial charge in [-0.3, -0.25) is 0 Å². The fraction of sp³-hybridized carbons (Fsp3) is 0.333. The molecule has 42 valence electrons. The minimum Gasteiger partial charge on any atom is -0.334 e. The summed E-state index contributed by atoms with van der Waals surface area (Å²) in [6.45, 7) is 4.08. The number of halogens is 2. The molecule has 4 heteroatoms. The van der Waals surface area contributed by atoms with E-state index in [0.29, 0.717) is 6.61 Å². The molecule has 0 spiro atoms. The van der Waals surface area contributed by atoms with E-state index in [1.165, 1.54) is 0 Å². The van der Waals surface area contributed by atoms with Crippen molar-refractivity contribution in [3.63, 3.8) is 0 Å². The molecule has 0 aromatic heterocycles. The van der Waals surface area contributed by atoms with Gasteiger partial charge >= 0.3 is 0 Å². The van der Waals surface area contributed by atoms with Crippen LogP contribution in [0.2, 0.25) is 0 Å². The first-order chi connectivity index (χ1) is 3.27. The Labute approximate surface area is 60.4 Å². The van der Waals surface area contributed by atoms with E-state index in [9.17, 15) is 0 Å². The summed E-state index contributed by atoms with van der Waals surface area (Å²) in [7, 11) is 0. The quantitative estimate of drug-likeness (QED) is 0.550. The molecule has 0 bridgehead atoms. The van der Waals surface area contributed by atoms with Gasteiger partial charge in [0.2, 0.25) is 0 Å². The Kier molecular flexibility index (Phi) is 6.05. The molecule has 0 fully saturated rings. The number of rotatable bonds is 3. The van der Waals surface area contributed by atoms with Gasteiger partial charge in [0.05, 0.1) is 6.61 Å². The summed E-state index contributed by atoms with van der Waals surface area (Å²) in [5, 5.41) is 0. The lowest BCUT2D eigenvalue weighted by Gasteiger charge is -1.95. The largest absolute Gasteiger partial charge is 0.334 e. The summed E-state index contributed by atoms with van der Waals surface area (Å²) in [5.41, 5.74) is -0.553. The average molecular weight is 248 g/mol. The van der Waals surface area contributed by atoms with Crippen molar-refractivity contribution >= 4 is 36.5 Å². The van der Waals surface area contributed by atoms with Crippen molar-refractivity contribution in [2.45, 2.75) is 0 Å². The number of hydrogen-bond donors (Lipinski definition) is 0. The van der Waals surface area contributed by atoms with E-state index in [1.54, 1.807) is 6.08 Å². The maximum Gasteiger partial charge on any atom is 0.171 e. The van der Waals surface area contributed by atoms with Crippen LogP contribution in [0.3, 0.4) is 0 Å². The summed E-state index contributed by atoms with van der Waals surface area (Å²) < 4.78 is 4.97. The molecule has 0 aromatic rings. The van der Waals surface area contributed by atoms with Crippen molar-refractivity contribution < 1.29 is 4.52 Å². The monoisotopic (exact) mass is 246 g/mol. The van der Waals surface area contributed by atoms with Gasteiger partial charge in [0.25, 0.3) is 0 Å². The minimum absolute atomic E-state index is 0.553. The first-order valence-electron chi connectivity index (χ1n) is 1.63. The van der Waals surface area contributed by atoms with Crippen LogP contribution in [0.4, 0.5) is 0 Å². The fourth-order valence-corrected chi connectivity index (χ4v) is 1.04. The van der Waals surface area contributed by atoms with Crippen molar-refractivity contribution in [1.82, 2.24) is 0 Å². The van der Waals surface area contributed by atoms with Gasteiger partial charge < -0.3 is 4.52 Å². The Hall–Kier alpha value is 1.09.